The lowest BCUT2D eigenvalue weighted by Crippen LogP contribution is -2.42. The molecule has 0 bridgehead atoms. The van der Waals surface area contributed by atoms with E-state index in [1.54, 1.807) is 0 Å². The third kappa shape index (κ3) is 2.72. The molecule has 2 nitrogen and oxygen atoms in total. The molecular formula is C15H22BrNO. The van der Waals surface area contributed by atoms with Crippen LogP contribution in [0, 0.1) is 0 Å². The fourth-order valence-electron chi connectivity index (χ4n) is 2.73. The zero-order valence-electron chi connectivity index (χ0n) is 11.2. The number of ether oxygens (including phenoxy) is 1. The molecule has 1 unspecified atom stereocenters. The highest BCUT2D eigenvalue weighted by atomic mass is 79.9. The van der Waals surface area contributed by atoms with Gasteiger partial charge >= 0.3 is 0 Å². The zero-order valence-corrected chi connectivity index (χ0v) is 12.8. The summed E-state index contributed by atoms with van der Waals surface area (Å²) >= 11 is 3.50. The largest absolute Gasteiger partial charge is 0.487 e. The predicted octanol–water partition coefficient (Wildman–Crippen LogP) is 4.57. The third-order valence-electron chi connectivity index (χ3n) is 3.92. The minimum Gasteiger partial charge on any atom is -0.487 e. The number of hydrogen-bond acceptors (Lipinski definition) is 2. The van der Waals surface area contributed by atoms with Gasteiger partial charge in [0, 0.05) is 22.5 Å². The summed E-state index contributed by atoms with van der Waals surface area (Å²) in [5.41, 5.74) is 7.40. The smallest absolute Gasteiger partial charge is 0.126 e. The van der Waals surface area contributed by atoms with E-state index in [4.69, 9.17) is 10.5 Å². The summed E-state index contributed by atoms with van der Waals surface area (Å²) in [7, 11) is 0. The SMILES string of the molecule is CCCCC1(CC)C[C@@H](N)c2ccc(Br)cc2O1. The maximum Gasteiger partial charge on any atom is 0.126 e. The molecule has 1 aromatic rings. The summed E-state index contributed by atoms with van der Waals surface area (Å²) < 4.78 is 7.36. The van der Waals surface area contributed by atoms with E-state index >= 15 is 0 Å². The van der Waals surface area contributed by atoms with Crippen LogP contribution in [0.2, 0.25) is 0 Å². The van der Waals surface area contributed by atoms with Gasteiger partial charge in [-0.05, 0) is 31.4 Å². The van der Waals surface area contributed by atoms with Gasteiger partial charge in [-0.3, -0.25) is 0 Å². The lowest BCUT2D eigenvalue weighted by Gasteiger charge is -2.41. The number of unbranched alkanes of at least 4 members (excludes halogenated alkanes) is 1. The average molecular weight is 312 g/mol. The van der Waals surface area contributed by atoms with E-state index < -0.39 is 0 Å². The standard InChI is InChI=1S/C15H22BrNO/c1-3-5-8-15(4-2)10-13(17)12-7-6-11(16)9-14(12)18-15/h6-7,9,13H,3-5,8,10,17H2,1-2H3/t13-,15?/m1/s1. The summed E-state index contributed by atoms with van der Waals surface area (Å²) in [5, 5.41) is 0. The van der Waals surface area contributed by atoms with Gasteiger partial charge in [-0.2, -0.15) is 0 Å². The van der Waals surface area contributed by atoms with Crippen molar-refractivity contribution in [3.05, 3.63) is 28.2 Å². The summed E-state index contributed by atoms with van der Waals surface area (Å²) in [6.07, 6.45) is 5.44. The van der Waals surface area contributed by atoms with Crippen LogP contribution in [0.1, 0.15) is 57.6 Å². The molecule has 2 rings (SSSR count). The lowest BCUT2D eigenvalue weighted by atomic mass is 9.82. The Balaban J connectivity index is 2.29. The second-order valence-electron chi connectivity index (χ2n) is 5.23. The van der Waals surface area contributed by atoms with Gasteiger partial charge in [-0.25, -0.2) is 0 Å². The monoisotopic (exact) mass is 311 g/mol. The van der Waals surface area contributed by atoms with Crippen LogP contribution in [0.4, 0.5) is 0 Å². The molecule has 1 heterocycles. The molecule has 0 aromatic heterocycles. The van der Waals surface area contributed by atoms with Crippen molar-refractivity contribution >= 4 is 15.9 Å². The Bertz CT molecular complexity index is 421. The highest BCUT2D eigenvalue weighted by Gasteiger charge is 2.37. The molecule has 100 valence electrons. The van der Waals surface area contributed by atoms with Gasteiger partial charge < -0.3 is 10.5 Å². The highest BCUT2D eigenvalue weighted by molar-refractivity contribution is 9.10. The molecule has 0 spiro atoms. The van der Waals surface area contributed by atoms with E-state index in [-0.39, 0.29) is 11.6 Å². The second kappa shape index (κ2) is 5.62. The van der Waals surface area contributed by atoms with Crippen molar-refractivity contribution in [2.24, 2.45) is 5.73 Å². The molecule has 0 saturated heterocycles. The van der Waals surface area contributed by atoms with Crippen molar-refractivity contribution in [3.63, 3.8) is 0 Å². The summed E-state index contributed by atoms with van der Waals surface area (Å²) in [6.45, 7) is 4.42. The van der Waals surface area contributed by atoms with Crippen LogP contribution in [0.15, 0.2) is 22.7 Å². The van der Waals surface area contributed by atoms with E-state index in [0.29, 0.717) is 0 Å². The number of halogens is 1. The molecule has 0 aliphatic carbocycles. The van der Waals surface area contributed by atoms with Crippen molar-refractivity contribution in [1.29, 1.82) is 0 Å². The van der Waals surface area contributed by atoms with Gasteiger partial charge in [0.2, 0.25) is 0 Å². The van der Waals surface area contributed by atoms with Gasteiger partial charge in [0.15, 0.2) is 0 Å². The van der Waals surface area contributed by atoms with Crippen molar-refractivity contribution in [2.75, 3.05) is 0 Å². The zero-order chi connectivity index (χ0) is 13.2. The maximum atomic E-state index is 6.32. The van der Waals surface area contributed by atoms with Crippen molar-refractivity contribution in [2.45, 2.75) is 57.6 Å². The fourth-order valence-corrected chi connectivity index (χ4v) is 3.07. The Morgan fingerprint density at radius 2 is 2.22 bits per heavy atom. The first-order chi connectivity index (χ1) is 8.60. The van der Waals surface area contributed by atoms with Gasteiger partial charge in [-0.15, -0.1) is 0 Å². The highest BCUT2D eigenvalue weighted by Crippen LogP contribution is 2.43. The maximum absolute atomic E-state index is 6.32. The number of benzene rings is 1. The molecule has 1 aliphatic heterocycles. The Hall–Kier alpha value is -0.540. The number of nitrogens with two attached hydrogens (primary N) is 1. The van der Waals surface area contributed by atoms with Crippen LogP contribution in [0.3, 0.4) is 0 Å². The van der Waals surface area contributed by atoms with E-state index in [0.717, 1.165) is 35.0 Å². The summed E-state index contributed by atoms with van der Waals surface area (Å²) in [5.74, 6) is 0.959. The van der Waals surface area contributed by atoms with Gasteiger partial charge in [0.05, 0.1) is 0 Å². The first kappa shape index (κ1) is 13.9. The Morgan fingerprint density at radius 1 is 1.44 bits per heavy atom. The molecule has 0 radical (unpaired) electrons. The second-order valence-corrected chi connectivity index (χ2v) is 6.15. The lowest BCUT2D eigenvalue weighted by molar-refractivity contribution is 0.0217. The third-order valence-corrected chi connectivity index (χ3v) is 4.42. The van der Waals surface area contributed by atoms with E-state index in [2.05, 4.69) is 35.8 Å². The minimum atomic E-state index is -0.0662. The molecule has 0 amide bonds. The van der Waals surface area contributed by atoms with Crippen LogP contribution in [-0.2, 0) is 0 Å². The predicted molar refractivity (Wildman–Crippen MR) is 78.9 cm³/mol. The van der Waals surface area contributed by atoms with Crippen LogP contribution in [0.25, 0.3) is 0 Å². The Kier molecular flexibility index (Phi) is 4.33. The normalized spacial score (nSPS) is 26.6. The molecular weight excluding hydrogens is 290 g/mol. The van der Waals surface area contributed by atoms with E-state index in [9.17, 15) is 0 Å². The topological polar surface area (TPSA) is 35.2 Å². The van der Waals surface area contributed by atoms with Gasteiger partial charge in [-0.1, -0.05) is 42.3 Å². The molecule has 2 atom stereocenters. The Labute approximate surface area is 118 Å². The van der Waals surface area contributed by atoms with Gasteiger partial charge in [0.1, 0.15) is 11.4 Å². The molecule has 3 heteroatoms. The molecule has 18 heavy (non-hydrogen) atoms. The number of fused-ring (bicyclic) bond motifs is 1. The molecule has 1 aliphatic rings. The molecule has 1 aromatic carbocycles. The van der Waals surface area contributed by atoms with E-state index in [1.165, 1.54) is 12.8 Å². The van der Waals surface area contributed by atoms with E-state index in [1.807, 2.05) is 12.1 Å². The summed E-state index contributed by atoms with van der Waals surface area (Å²) in [4.78, 5) is 0. The fraction of sp³-hybridized carbons (Fsp3) is 0.600. The van der Waals surface area contributed by atoms with Crippen LogP contribution in [-0.4, -0.2) is 5.60 Å². The molecule has 2 N–H and O–H groups in total. The number of rotatable bonds is 4. The van der Waals surface area contributed by atoms with Crippen molar-refractivity contribution < 1.29 is 4.74 Å². The van der Waals surface area contributed by atoms with Gasteiger partial charge in [0.25, 0.3) is 0 Å². The van der Waals surface area contributed by atoms with Crippen LogP contribution >= 0.6 is 15.9 Å². The Morgan fingerprint density at radius 3 is 2.89 bits per heavy atom. The molecule has 0 fully saturated rings. The van der Waals surface area contributed by atoms with Crippen LogP contribution < -0.4 is 10.5 Å². The quantitative estimate of drug-likeness (QED) is 0.884. The summed E-state index contributed by atoms with van der Waals surface area (Å²) in [6, 6.07) is 6.25. The number of hydrogen-bond donors (Lipinski definition) is 1. The molecule has 0 saturated carbocycles. The van der Waals surface area contributed by atoms with Crippen molar-refractivity contribution in [3.8, 4) is 5.75 Å². The first-order valence-corrected chi connectivity index (χ1v) is 7.63. The van der Waals surface area contributed by atoms with Crippen molar-refractivity contribution in [1.82, 2.24) is 0 Å². The minimum absolute atomic E-state index is 0.0662. The van der Waals surface area contributed by atoms with Crippen LogP contribution in [0.5, 0.6) is 5.75 Å². The average Bonchev–Trinajstić information content (AvgIpc) is 2.36. The first-order valence-electron chi connectivity index (χ1n) is 6.84.